The second kappa shape index (κ2) is 8.29. The highest BCUT2D eigenvalue weighted by molar-refractivity contribution is 5.98. The van der Waals surface area contributed by atoms with Crippen LogP contribution in [0.15, 0.2) is 48.5 Å². The van der Waals surface area contributed by atoms with Crippen molar-refractivity contribution in [2.75, 3.05) is 6.61 Å². The molecule has 0 atom stereocenters. The molecule has 2 aromatic carbocycles. The minimum Gasteiger partial charge on any atom is -0.494 e. The number of carbonyl (C=O) groups is 2. The van der Waals surface area contributed by atoms with Crippen LogP contribution < -0.4 is 10.1 Å². The van der Waals surface area contributed by atoms with E-state index >= 15 is 0 Å². The van der Waals surface area contributed by atoms with Gasteiger partial charge in [-0.3, -0.25) is 9.59 Å². The van der Waals surface area contributed by atoms with Gasteiger partial charge in [-0.2, -0.15) is 0 Å². The summed E-state index contributed by atoms with van der Waals surface area (Å²) in [6.07, 6.45) is 0.312. The number of nitrogens with one attached hydrogen (secondary N) is 2. The quantitative estimate of drug-likeness (QED) is 0.610. The number of hydrogen-bond donors (Lipinski definition) is 2. The first kappa shape index (κ1) is 17.7. The third-order valence-electron chi connectivity index (χ3n) is 3.96. The first-order valence-corrected chi connectivity index (χ1v) is 8.62. The van der Waals surface area contributed by atoms with Crippen LogP contribution in [0.25, 0.3) is 11.0 Å². The Morgan fingerprint density at radius 2 is 1.85 bits per heavy atom. The van der Waals surface area contributed by atoms with Gasteiger partial charge in [0, 0.05) is 18.4 Å². The molecule has 6 nitrogen and oxygen atoms in total. The van der Waals surface area contributed by atoms with E-state index in [2.05, 4.69) is 15.3 Å². The van der Waals surface area contributed by atoms with E-state index in [1.54, 1.807) is 24.3 Å². The van der Waals surface area contributed by atoms with Gasteiger partial charge in [-0.25, -0.2) is 4.98 Å². The lowest BCUT2D eigenvalue weighted by Crippen LogP contribution is -2.23. The van der Waals surface area contributed by atoms with Crippen LogP contribution in [0.5, 0.6) is 5.75 Å². The standard InChI is InChI=1S/C20H21N3O3/c1-2-26-15-9-7-14(8-10-15)18(24)11-12-20(25)21-13-19-22-16-5-3-4-6-17(16)23-19/h3-10H,2,11-13H2,1H3,(H,21,25)(H,22,23). The molecule has 0 aliphatic rings. The second-order valence-electron chi connectivity index (χ2n) is 5.86. The topological polar surface area (TPSA) is 84.1 Å². The van der Waals surface area contributed by atoms with E-state index in [4.69, 9.17) is 4.74 Å². The summed E-state index contributed by atoms with van der Waals surface area (Å²) in [4.78, 5) is 31.7. The highest BCUT2D eigenvalue weighted by Crippen LogP contribution is 2.14. The molecule has 26 heavy (non-hydrogen) atoms. The van der Waals surface area contributed by atoms with E-state index in [0.29, 0.717) is 24.5 Å². The molecule has 1 aromatic heterocycles. The Balaban J connectivity index is 1.46. The Morgan fingerprint density at radius 1 is 1.08 bits per heavy atom. The molecular formula is C20H21N3O3. The number of para-hydroxylation sites is 2. The maximum atomic E-state index is 12.2. The summed E-state index contributed by atoms with van der Waals surface area (Å²) >= 11 is 0. The summed E-state index contributed by atoms with van der Waals surface area (Å²) in [5, 5.41) is 2.79. The molecule has 2 N–H and O–H groups in total. The van der Waals surface area contributed by atoms with Gasteiger partial charge in [0.2, 0.25) is 5.91 Å². The van der Waals surface area contributed by atoms with E-state index < -0.39 is 0 Å². The summed E-state index contributed by atoms with van der Waals surface area (Å²) in [6, 6.07) is 14.7. The van der Waals surface area contributed by atoms with Crippen LogP contribution in [-0.2, 0) is 11.3 Å². The smallest absolute Gasteiger partial charge is 0.220 e. The SMILES string of the molecule is CCOc1ccc(C(=O)CCC(=O)NCc2nc3ccccc3[nH]2)cc1. The van der Waals surface area contributed by atoms with Gasteiger partial charge in [-0.05, 0) is 43.3 Å². The molecule has 3 aromatic rings. The van der Waals surface area contributed by atoms with Crippen molar-refractivity contribution in [3.63, 3.8) is 0 Å². The zero-order valence-corrected chi connectivity index (χ0v) is 14.6. The molecule has 0 spiro atoms. The number of carbonyl (C=O) groups excluding carboxylic acids is 2. The van der Waals surface area contributed by atoms with Gasteiger partial charge in [-0.15, -0.1) is 0 Å². The Labute approximate surface area is 151 Å². The van der Waals surface area contributed by atoms with Crippen LogP contribution in [0, 0.1) is 0 Å². The fourth-order valence-electron chi connectivity index (χ4n) is 2.64. The Kier molecular flexibility index (Phi) is 5.63. The minimum absolute atomic E-state index is 0.0630. The predicted molar refractivity (Wildman–Crippen MR) is 99.1 cm³/mol. The number of ether oxygens (including phenoxy) is 1. The van der Waals surface area contributed by atoms with Gasteiger partial charge < -0.3 is 15.0 Å². The van der Waals surface area contributed by atoms with E-state index in [0.717, 1.165) is 16.8 Å². The Morgan fingerprint density at radius 3 is 2.58 bits per heavy atom. The molecule has 6 heteroatoms. The van der Waals surface area contributed by atoms with Crippen molar-refractivity contribution >= 4 is 22.7 Å². The Bertz CT molecular complexity index is 867. The summed E-state index contributed by atoms with van der Waals surface area (Å²) in [7, 11) is 0. The van der Waals surface area contributed by atoms with E-state index in [1.165, 1.54) is 0 Å². The molecule has 0 unspecified atom stereocenters. The number of aromatic nitrogens is 2. The third kappa shape index (κ3) is 4.47. The highest BCUT2D eigenvalue weighted by atomic mass is 16.5. The number of fused-ring (bicyclic) bond motifs is 1. The maximum Gasteiger partial charge on any atom is 0.220 e. The number of rotatable bonds is 8. The molecule has 0 bridgehead atoms. The van der Waals surface area contributed by atoms with Crippen molar-refractivity contribution in [1.82, 2.24) is 15.3 Å². The number of hydrogen-bond acceptors (Lipinski definition) is 4. The molecular weight excluding hydrogens is 330 g/mol. The van der Waals surface area contributed by atoms with E-state index in [9.17, 15) is 9.59 Å². The number of aromatic amines is 1. The summed E-state index contributed by atoms with van der Waals surface area (Å²) < 4.78 is 5.35. The minimum atomic E-state index is -0.176. The maximum absolute atomic E-state index is 12.2. The molecule has 0 saturated carbocycles. The average molecular weight is 351 g/mol. The molecule has 134 valence electrons. The molecule has 0 fully saturated rings. The number of benzene rings is 2. The fourth-order valence-corrected chi connectivity index (χ4v) is 2.64. The third-order valence-corrected chi connectivity index (χ3v) is 3.96. The van der Waals surface area contributed by atoms with Crippen LogP contribution in [0.4, 0.5) is 0 Å². The molecule has 0 saturated heterocycles. The lowest BCUT2D eigenvalue weighted by atomic mass is 10.1. The summed E-state index contributed by atoms with van der Waals surface area (Å²) in [5.41, 5.74) is 2.38. The highest BCUT2D eigenvalue weighted by Gasteiger charge is 2.10. The van der Waals surface area contributed by atoms with Crippen molar-refractivity contribution in [2.24, 2.45) is 0 Å². The number of nitrogens with zero attached hydrogens (tertiary/aromatic N) is 1. The molecule has 3 rings (SSSR count). The van der Waals surface area contributed by atoms with Gasteiger partial charge in [0.1, 0.15) is 11.6 Å². The van der Waals surface area contributed by atoms with Crippen molar-refractivity contribution in [3.05, 3.63) is 59.9 Å². The van der Waals surface area contributed by atoms with Crippen LogP contribution in [0.1, 0.15) is 35.9 Å². The van der Waals surface area contributed by atoms with Crippen molar-refractivity contribution < 1.29 is 14.3 Å². The monoisotopic (exact) mass is 351 g/mol. The lowest BCUT2D eigenvalue weighted by molar-refractivity contribution is -0.121. The largest absolute Gasteiger partial charge is 0.494 e. The first-order chi connectivity index (χ1) is 12.7. The zero-order chi connectivity index (χ0) is 18.4. The molecule has 0 radical (unpaired) electrons. The van der Waals surface area contributed by atoms with Gasteiger partial charge in [0.25, 0.3) is 0 Å². The summed E-state index contributed by atoms with van der Waals surface area (Å²) in [5.74, 6) is 1.18. The summed E-state index contributed by atoms with van der Waals surface area (Å²) in [6.45, 7) is 2.80. The second-order valence-corrected chi connectivity index (χ2v) is 5.86. The number of Topliss-reactive ketones (excluding diaryl/α,β-unsaturated/α-hetero) is 1. The van der Waals surface area contributed by atoms with Crippen LogP contribution in [0.2, 0.25) is 0 Å². The van der Waals surface area contributed by atoms with Gasteiger partial charge in [0.05, 0.1) is 24.2 Å². The van der Waals surface area contributed by atoms with Crippen LogP contribution >= 0.6 is 0 Å². The number of amides is 1. The van der Waals surface area contributed by atoms with Crippen molar-refractivity contribution in [2.45, 2.75) is 26.3 Å². The molecule has 0 aliphatic carbocycles. The number of imidazole rings is 1. The molecule has 0 aliphatic heterocycles. The Hall–Kier alpha value is -3.15. The van der Waals surface area contributed by atoms with Crippen LogP contribution in [-0.4, -0.2) is 28.3 Å². The molecule has 1 amide bonds. The van der Waals surface area contributed by atoms with E-state index in [1.807, 2.05) is 31.2 Å². The van der Waals surface area contributed by atoms with Crippen molar-refractivity contribution in [3.8, 4) is 5.75 Å². The van der Waals surface area contributed by atoms with Crippen molar-refractivity contribution in [1.29, 1.82) is 0 Å². The zero-order valence-electron chi connectivity index (χ0n) is 14.6. The van der Waals surface area contributed by atoms with E-state index in [-0.39, 0.29) is 24.5 Å². The normalized spacial score (nSPS) is 10.7. The average Bonchev–Trinajstić information content (AvgIpc) is 3.08. The predicted octanol–water partition coefficient (Wildman–Crippen LogP) is 3.24. The van der Waals surface area contributed by atoms with Crippen LogP contribution in [0.3, 0.4) is 0 Å². The number of H-pyrrole nitrogens is 1. The van der Waals surface area contributed by atoms with Gasteiger partial charge in [-0.1, -0.05) is 12.1 Å². The van der Waals surface area contributed by atoms with Gasteiger partial charge in [0.15, 0.2) is 5.78 Å². The number of ketones is 1. The lowest BCUT2D eigenvalue weighted by Gasteiger charge is -2.05. The first-order valence-electron chi connectivity index (χ1n) is 8.62. The fraction of sp³-hybridized carbons (Fsp3) is 0.250. The van der Waals surface area contributed by atoms with Gasteiger partial charge >= 0.3 is 0 Å². The molecule has 1 heterocycles.